The Morgan fingerprint density at radius 2 is 2.19 bits per heavy atom. The van der Waals surface area contributed by atoms with E-state index in [1.54, 1.807) is 18.3 Å². The zero-order valence-corrected chi connectivity index (χ0v) is 8.09. The van der Waals surface area contributed by atoms with Gasteiger partial charge in [-0.2, -0.15) is 0 Å². The summed E-state index contributed by atoms with van der Waals surface area (Å²) in [5, 5.41) is 8.92. The van der Waals surface area contributed by atoms with Crippen LogP contribution in [0.3, 0.4) is 0 Å². The molecule has 2 rings (SSSR count). The molecule has 1 N–H and O–H groups in total. The van der Waals surface area contributed by atoms with E-state index in [1.807, 2.05) is 0 Å². The molecule has 2 aromatic heterocycles. The minimum absolute atomic E-state index is 0.173. The van der Waals surface area contributed by atoms with Crippen LogP contribution in [-0.4, -0.2) is 21.0 Å². The molecule has 0 fully saturated rings. The first-order valence-electron chi connectivity index (χ1n) is 4.47. The summed E-state index contributed by atoms with van der Waals surface area (Å²) in [6.45, 7) is 0. The van der Waals surface area contributed by atoms with E-state index >= 15 is 0 Å². The van der Waals surface area contributed by atoms with Gasteiger partial charge in [-0.3, -0.25) is 9.97 Å². The van der Waals surface area contributed by atoms with Gasteiger partial charge < -0.3 is 5.11 Å². The van der Waals surface area contributed by atoms with Gasteiger partial charge in [-0.1, -0.05) is 0 Å². The molecule has 0 atom stereocenters. The highest BCUT2D eigenvalue weighted by molar-refractivity contribution is 5.94. The number of nitrogens with zero attached hydrogens (tertiary/aromatic N) is 2. The first-order chi connectivity index (χ1) is 7.68. The number of hydrogen-bond donors (Lipinski definition) is 1. The molecule has 2 aromatic rings. The van der Waals surface area contributed by atoms with Gasteiger partial charge in [0.25, 0.3) is 0 Å². The Labute approximate surface area is 90.4 Å². The number of carbonyl (C=O) groups is 1. The van der Waals surface area contributed by atoms with Gasteiger partial charge >= 0.3 is 5.97 Å². The molecule has 0 saturated heterocycles. The SMILES string of the molecule is O=C(O)c1cc(F)cnc1-c1cccnc1. The minimum atomic E-state index is -1.22. The summed E-state index contributed by atoms with van der Waals surface area (Å²) in [6.07, 6.45) is 4.02. The molecule has 0 aromatic carbocycles. The topological polar surface area (TPSA) is 63.1 Å². The number of halogens is 1. The molecule has 5 heteroatoms. The largest absolute Gasteiger partial charge is 0.478 e. The fraction of sp³-hybridized carbons (Fsp3) is 0. The molecule has 4 nitrogen and oxygen atoms in total. The molecule has 0 aliphatic heterocycles. The van der Waals surface area contributed by atoms with Crippen LogP contribution in [0, 0.1) is 5.82 Å². The van der Waals surface area contributed by atoms with Crippen molar-refractivity contribution in [1.82, 2.24) is 9.97 Å². The van der Waals surface area contributed by atoms with Crippen LogP contribution in [0.2, 0.25) is 0 Å². The van der Waals surface area contributed by atoms with Gasteiger partial charge in [-0.05, 0) is 18.2 Å². The van der Waals surface area contributed by atoms with Crippen molar-refractivity contribution in [2.45, 2.75) is 0 Å². The zero-order valence-electron chi connectivity index (χ0n) is 8.09. The number of rotatable bonds is 2. The second kappa shape index (κ2) is 4.06. The predicted molar refractivity (Wildman–Crippen MR) is 54.4 cm³/mol. The molecule has 0 spiro atoms. The van der Waals surface area contributed by atoms with Gasteiger partial charge in [-0.25, -0.2) is 9.18 Å². The van der Waals surface area contributed by atoms with Crippen molar-refractivity contribution >= 4 is 5.97 Å². The van der Waals surface area contributed by atoms with Crippen molar-refractivity contribution in [3.05, 3.63) is 48.2 Å². The Kier molecular flexibility index (Phi) is 2.59. The average molecular weight is 218 g/mol. The van der Waals surface area contributed by atoms with Crippen molar-refractivity contribution in [1.29, 1.82) is 0 Å². The Hall–Kier alpha value is -2.30. The van der Waals surface area contributed by atoms with E-state index in [2.05, 4.69) is 9.97 Å². The van der Waals surface area contributed by atoms with Crippen LogP contribution in [-0.2, 0) is 0 Å². The summed E-state index contributed by atoms with van der Waals surface area (Å²) in [7, 11) is 0. The van der Waals surface area contributed by atoms with Crippen molar-refractivity contribution in [2.24, 2.45) is 0 Å². The predicted octanol–water partition coefficient (Wildman–Crippen LogP) is 1.98. The lowest BCUT2D eigenvalue weighted by Gasteiger charge is -2.04. The number of hydrogen-bond acceptors (Lipinski definition) is 3. The van der Waals surface area contributed by atoms with Crippen LogP contribution in [0.25, 0.3) is 11.3 Å². The molecule has 80 valence electrons. The Morgan fingerprint density at radius 1 is 1.38 bits per heavy atom. The van der Waals surface area contributed by atoms with Crippen molar-refractivity contribution in [3.8, 4) is 11.3 Å². The van der Waals surface area contributed by atoms with E-state index in [0.717, 1.165) is 12.3 Å². The number of carboxylic acids is 1. The maximum absolute atomic E-state index is 12.9. The molecular formula is C11H7FN2O2. The second-order valence-electron chi connectivity index (χ2n) is 3.10. The monoisotopic (exact) mass is 218 g/mol. The van der Waals surface area contributed by atoms with Crippen molar-refractivity contribution in [2.75, 3.05) is 0 Å². The zero-order chi connectivity index (χ0) is 11.5. The molecule has 2 heterocycles. The Morgan fingerprint density at radius 3 is 2.81 bits per heavy atom. The van der Waals surface area contributed by atoms with E-state index in [-0.39, 0.29) is 11.3 Å². The van der Waals surface area contributed by atoms with Crippen LogP contribution < -0.4 is 0 Å². The summed E-state index contributed by atoms with van der Waals surface area (Å²) in [5.41, 5.74) is 0.579. The van der Waals surface area contributed by atoms with E-state index in [0.29, 0.717) is 5.56 Å². The van der Waals surface area contributed by atoms with Crippen molar-refractivity contribution < 1.29 is 14.3 Å². The van der Waals surface area contributed by atoms with E-state index in [9.17, 15) is 9.18 Å². The van der Waals surface area contributed by atoms with Gasteiger partial charge in [0.2, 0.25) is 0 Å². The van der Waals surface area contributed by atoms with Gasteiger partial charge in [0, 0.05) is 18.0 Å². The first-order valence-corrected chi connectivity index (χ1v) is 4.47. The standard InChI is InChI=1S/C11H7FN2O2/c12-8-4-9(11(15)16)10(14-6-8)7-2-1-3-13-5-7/h1-6H,(H,15,16). The van der Waals surface area contributed by atoms with Crippen LogP contribution in [0.15, 0.2) is 36.8 Å². The molecule has 0 aliphatic rings. The number of carboxylic acid groups (broad SMARTS) is 1. The van der Waals surface area contributed by atoms with Gasteiger partial charge in [0.15, 0.2) is 0 Å². The lowest BCUT2D eigenvalue weighted by molar-refractivity contribution is 0.0697. The van der Waals surface area contributed by atoms with E-state index in [1.165, 1.54) is 6.20 Å². The van der Waals surface area contributed by atoms with E-state index in [4.69, 9.17) is 5.11 Å². The normalized spacial score (nSPS) is 10.1. The third kappa shape index (κ3) is 1.88. The van der Waals surface area contributed by atoms with Gasteiger partial charge in [0.1, 0.15) is 5.82 Å². The second-order valence-corrected chi connectivity index (χ2v) is 3.10. The van der Waals surface area contributed by atoms with Crippen LogP contribution in [0.1, 0.15) is 10.4 Å². The highest BCUT2D eigenvalue weighted by atomic mass is 19.1. The lowest BCUT2D eigenvalue weighted by Crippen LogP contribution is -2.02. The summed E-state index contributed by atoms with van der Waals surface area (Å²) in [5.74, 6) is -1.89. The molecule has 0 unspecified atom stereocenters. The fourth-order valence-electron chi connectivity index (χ4n) is 1.34. The number of pyridine rings is 2. The van der Waals surface area contributed by atoms with E-state index < -0.39 is 11.8 Å². The molecule has 16 heavy (non-hydrogen) atoms. The molecule has 0 amide bonds. The molecule has 0 saturated carbocycles. The van der Waals surface area contributed by atoms with Gasteiger partial charge in [0.05, 0.1) is 17.5 Å². The summed E-state index contributed by atoms with van der Waals surface area (Å²) >= 11 is 0. The van der Waals surface area contributed by atoms with Crippen LogP contribution >= 0.6 is 0 Å². The van der Waals surface area contributed by atoms with Crippen LogP contribution in [0.5, 0.6) is 0 Å². The van der Waals surface area contributed by atoms with Crippen LogP contribution in [0.4, 0.5) is 4.39 Å². The Bertz CT molecular complexity index is 529. The summed E-state index contributed by atoms with van der Waals surface area (Å²) in [6, 6.07) is 4.27. The fourth-order valence-corrected chi connectivity index (χ4v) is 1.34. The third-order valence-corrected chi connectivity index (χ3v) is 2.02. The minimum Gasteiger partial charge on any atom is -0.478 e. The van der Waals surface area contributed by atoms with Gasteiger partial charge in [-0.15, -0.1) is 0 Å². The summed E-state index contributed by atoms with van der Waals surface area (Å²) < 4.78 is 12.9. The average Bonchev–Trinajstić information content (AvgIpc) is 2.30. The maximum Gasteiger partial charge on any atom is 0.338 e. The van der Waals surface area contributed by atoms with Crippen molar-refractivity contribution in [3.63, 3.8) is 0 Å². The third-order valence-electron chi connectivity index (χ3n) is 2.02. The molecule has 0 aliphatic carbocycles. The molecule has 0 radical (unpaired) electrons. The maximum atomic E-state index is 12.9. The smallest absolute Gasteiger partial charge is 0.338 e. The highest BCUT2D eigenvalue weighted by Gasteiger charge is 2.14. The number of aromatic nitrogens is 2. The first kappa shape index (κ1) is 10.2. The lowest BCUT2D eigenvalue weighted by atomic mass is 10.1. The highest BCUT2D eigenvalue weighted by Crippen LogP contribution is 2.20. The summed E-state index contributed by atoms with van der Waals surface area (Å²) in [4.78, 5) is 18.6. The quantitative estimate of drug-likeness (QED) is 0.837. The molecular weight excluding hydrogens is 211 g/mol. The Balaban J connectivity index is 2.61. The number of aromatic carboxylic acids is 1. The molecule has 0 bridgehead atoms.